The minimum Gasteiger partial charge on any atom is -0.384 e. The Bertz CT molecular complexity index is 695. The first-order valence-electron chi connectivity index (χ1n) is 10.1. The topological polar surface area (TPSA) is 58.6 Å². The van der Waals surface area contributed by atoms with Gasteiger partial charge in [0.05, 0.1) is 12.5 Å². The molecule has 1 aliphatic heterocycles. The van der Waals surface area contributed by atoms with Crippen LogP contribution in [0.25, 0.3) is 0 Å². The van der Waals surface area contributed by atoms with Crippen LogP contribution in [0.1, 0.15) is 50.2 Å². The van der Waals surface area contributed by atoms with Crippen molar-refractivity contribution in [2.45, 2.75) is 52.4 Å². The molecule has 27 heavy (non-hydrogen) atoms. The average molecular weight is 373 g/mol. The molecule has 2 amide bonds. The first-order valence-corrected chi connectivity index (χ1v) is 10.1. The fourth-order valence-electron chi connectivity index (χ4n) is 4.71. The second-order valence-electron chi connectivity index (χ2n) is 8.20. The summed E-state index contributed by atoms with van der Waals surface area (Å²) in [6.45, 7) is 5.93. The highest BCUT2D eigenvalue weighted by Gasteiger charge is 2.38. The third kappa shape index (κ3) is 4.18. The number of para-hydroxylation sites is 1. The number of rotatable bonds is 7. The quantitative estimate of drug-likeness (QED) is 0.799. The van der Waals surface area contributed by atoms with Gasteiger partial charge in [0.25, 0.3) is 0 Å². The highest BCUT2D eigenvalue weighted by molar-refractivity contribution is 6.01. The highest BCUT2D eigenvalue weighted by Crippen LogP contribution is 2.38. The van der Waals surface area contributed by atoms with Crippen molar-refractivity contribution in [3.8, 4) is 0 Å². The summed E-state index contributed by atoms with van der Waals surface area (Å²) < 4.78 is 5.40. The number of hydrogen-bond acceptors (Lipinski definition) is 3. The van der Waals surface area contributed by atoms with Gasteiger partial charge in [-0.3, -0.25) is 9.59 Å². The molecule has 1 saturated carbocycles. The number of carbonyl (C=O) groups excluding carboxylic acids is 2. The molecule has 0 spiro atoms. The van der Waals surface area contributed by atoms with Crippen molar-refractivity contribution in [1.82, 2.24) is 5.32 Å². The van der Waals surface area contributed by atoms with Gasteiger partial charge in [0, 0.05) is 37.7 Å². The maximum absolute atomic E-state index is 12.8. The number of methoxy groups -OCH3 is 1. The number of nitrogens with one attached hydrogen (secondary N) is 1. The van der Waals surface area contributed by atoms with Crippen LogP contribution in [0.4, 0.5) is 5.69 Å². The van der Waals surface area contributed by atoms with Gasteiger partial charge in [-0.25, -0.2) is 0 Å². The number of benzene rings is 1. The Morgan fingerprint density at radius 2 is 2.07 bits per heavy atom. The van der Waals surface area contributed by atoms with E-state index >= 15 is 0 Å². The van der Waals surface area contributed by atoms with Gasteiger partial charge in [-0.2, -0.15) is 0 Å². The molecule has 1 aromatic rings. The summed E-state index contributed by atoms with van der Waals surface area (Å²) >= 11 is 0. The number of ether oxygens (including phenoxy) is 1. The lowest BCUT2D eigenvalue weighted by Gasteiger charge is -2.29. The van der Waals surface area contributed by atoms with E-state index in [1.807, 2.05) is 24.0 Å². The highest BCUT2D eigenvalue weighted by atomic mass is 16.5. The number of nitrogens with zero attached hydrogens (tertiary/aromatic N) is 1. The zero-order chi connectivity index (χ0) is 19.4. The summed E-state index contributed by atoms with van der Waals surface area (Å²) in [5.74, 6) is -0.228. The van der Waals surface area contributed by atoms with Crippen molar-refractivity contribution in [1.29, 1.82) is 0 Å². The van der Waals surface area contributed by atoms with Crippen molar-refractivity contribution in [3.05, 3.63) is 29.3 Å². The van der Waals surface area contributed by atoms with Crippen molar-refractivity contribution in [3.63, 3.8) is 0 Å². The van der Waals surface area contributed by atoms with E-state index in [2.05, 4.69) is 18.3 Å². The summed E-state index contributed by atoms with van der Waals surface area (Å²) in [6, 6.07) is 6.13. The van der Waals surface area contributed by atoms with Crippen LogP contribution in [0.2, 0.25) is 0 Å². The molecule has 0 aromatic heterocycles. The summed E-state index contributed by atoms with van der Waals surface area (Å²) in [6.07, 6.45) is 5.75. The summed E-state index contributed by atoms with van der Waals surface area (Å²) in [4.78, 5) is 27.3. The van der Waals surface area contributed by atoms with Crippen molar-refractivity contribution in [2.24, 2.45) is 11.3 Å². The molecule has 0 bridgehead atoms. The number of amides is 2. The first-order chi connectivity index (χ1) is 13.0. The number of carbonyl (C=O) groups is 2. The van der Waals surface area contributed by atoms with Gasteiger partial charge < -0.3 is 15.0 Å². The van der Waals surface area contributed by atoms with Crippen LogP contribution >= 0.6 is 0 Å². The van der Waals surface area contributed by atoms with Crippen molar-refractivity contribution >= 4 is 17.5 Å². The molecule has 148 valence electrons. The van der Waals surface area contributed by atoms with Crippen LogP contribution in [0, 0.1) is 18.3 Å². The SMILES string of the molecule is CCc1cccc(C)c1N1C[C@@H](C(=O)NCC2(COC)CCCC2)CC1=O. The molecule has 1 aromatic carbocycles. The van der Waals surface area contributed by atoms with Crippen LogP contribution in [0.15, 0.2) is 18.2 Å². The van der Waals surface area contributed by atoms with E-state index in [4.69, 9.17) is 4.74 Å². The monoisotopic (exact) mass is 372 g/mol. The van der Waals surface area contributed by atoms with Crippen molar-refractivity contribution in [2.75, 3.05) is 31.7 Å². The van der Waals surface area contributed by atoms with Crippen LogP contribution in [0.5, 0.6) is 0 Å². The molecule has 0 radical (unpaired) electrons. The fourth-order valence-corrected chi connectivity index (χ4v) is 4.71. The molecule has 2 aliphatic rings. The minimum atomic E-state index is -0.275. The second kappa shape index (κ2) is 8.42. The maximum atomic E-state index is 12.8. The average Bonchev–Trinajstić information content (AvgIpc) is 3.27. The van der Waals surface area contributed by atoms with E-state index in [0.717, 1.165) is 36.1 Å². The largest absolute Gasteiger partial charge is 0.384 e. The van der Waals surface area contributed by atoms with Gasteiger partial charge >= 0.3 is 0 Å². The molecule has 1 atom stereocenters. The molecular formula is C22H32N2O3. The molecule has 1 aliphatic carbocycles. The standard InChI is InChI=1S/C22H32N2O3/c1-4-17-9-7-8-16(2)20(17)24-13-18(12-19(24)25)21(26)23-14-22(15-27-3)10-5-6-11-22/h7-9,18H,4-6,10-15H2,1-3H3,(H,23,26)/t18-/m0/s1. The van der Waals surface area contributed by atoms with E-state index in [0.29, 0.717) is 26.1 Å². The number of anilines is 1. The predicted octanol–water partition coefficient (Wildman–Crippen LogP) is 3.23. The molecule has 2 fully saturated rings. The predicted molar refractivity (Wildman–Crippen MR) is 107 cm³/mol. The summed E-state index contributed by atoms with van der Waals surface area (Å²) in [5, 5.41) is 3.13. The van der Waals surface area contributed by atoms with Crippen LogP contribution < -0.4 is 10.2 Å². The zero-order valence-electron chi connectivity index (χ0n) is 16.8. The van der Waals surface area contributed by atoms with Crippen LogP contribution in [0.3, 0.4) is 0 Å². The molecule has 1 N–H and O–H groups in total. The van der Waals surface area contributed by atoms with Crippen LogP contribution in [-0.4, -0.2) is 38.6 Å². The maximum Gasteiger partial charge on any atom is 0.227 e. The third-order valence-corrected chi connectivity index (χ3v) is 6.22. The van der Waals surface area contributed by atoms with Gasteiger partial charge in [-0.1, -0.05) is 38.0 Å². The molecule has 1 heterocycles. The Hall–Kier alpha value is -1.88. The molecule has 5 nitrogen and oxygen atoms in total. The van der Waals surface area contributed by atoms with Gasteiger partial charge in [0.15, 0.2) is 0 Å². The van der Waals surface area contributed by atoms with Gasteiger partial charge in [-0.05, 0) is 37.3 Å². The molecule has 3 rings (SSSR count). The lowest BCUT2D eigenvalue weighted by Crippen LogP contribution is -2.41. The second-order valence-corrected chi connectivity index (χ2v) is 8.20. The van der Waals surface area contributed by atoms with E-state index in [9.17, 15) is 9.59 Å². The first kappa shape index (κ1) is 19.9. The lowest BCUT2D eigenvalue weighted by atomic mass is 9.87. The Labute approximate surface area is 162 Å². The number of hydrogen-bond donors (Lipinski definition) is 1. The van der Waals surface area contributed by atoms with Gasteiger partial charge in [-0.15, -0.1) is 0 Å². The van der Waals surface area contributed by atoms with E-state index in [-0.39, 0.29) is 23.1 Å². The Kier molecular flexibility index (Phi) is 6.20. The Morgan fingerprint density at radius 1 is 1.33 bits per heavy atom. The Morgan fingerprint density at radius 3 is 2.74 bits per heavy atom. The van der Waals surface area contributed by atoms with E-state index < -0.39 is 0 Å². The normalized spacial score (nSPS) is 21.7. The smallest absolute Gasteiger partial charge is 0.227 e. The van der Waals surface area contributed by atoms with E-state index in [1.165, 1.54) is 12.8 Å². The third-order valence-electron chi connectivity index (χ3n) is 6.22. The summed E-state index contributed by atoms with van der Waals surface area (Å²) in [5.41, 5.74) is 3.31. The summed E-state index contributed by atoms with van der Waals surface area (Å²) in [7, 11) is 1.73. The molecule has 5 heteroatoms. The van der Waals surface area contributed by atoms with Gasteiger partial charge in [0.2, 0.25) is 11.8 Å². The van der Waals surface area contributed by atoms with Crippen molar-refractivity contribution < 1.29 is 14.3 Å². The number of aryl methyl sites for hydroxylation is 2. The van der Waals surface area contributed by atoms with Gasteiger partial charge in [0.1, 0.15) is 0 Å². The molecular weight excluding hydrogens is 340 g/mol. The molecule has 1 saturated heterocycles. The molecule has 0 unspecified atom stereocenters. The van der Waals surface area contributed by atoms with Crippen LogP contribution in [-0.2, 0) is 20.7 Å². The van der Waals surface area contributed by atoms with E-state index in [1.54, 1.807) is 7.11 Å². The lowest BCUT2D eigenvalue weighted by molar-refractivity contribution is -0.126. The Balaban J connectivity index is 1.66. The zero-order valence-corrected chi connectivity index (χ0v) is 16.8. The fraction of sp³-hybridized carbons (Fsp3) is 0.636. The minimum absolute atomic E-state index is 0.000129.